The van der Waals surface area contributed by atoms with Crippen molar-refractivity contribution >= 4 is 11.6 Å². The lowest BCUT2D eigenvalue weighted by molar-refractivity contribution is 0.172. The first-order chi connectivity index (χ1) is 10.0. The zero-order valence-electron chi connectivity index (χ0n) is 11.4. The lowest BCUT2D eigenvalue weighted by Gasteiger charge is -2.14. The number of benzene rings is 2. The SMILES string of the molecule is COc1cccc(CC(O)Cc2c(F)cccc2Cl)c1F. The van der Waals surface area contributed by atoms with Crippen LogP contribution >= 0.6 is 11.6 Å². The van der Waals surface area contributed by atoms with Crippen LogP contribution in [-0.4, -0.2) is 18.3 Å². The minimum Gasteiger partial charge on any atom is -0.494 e. The summed E-state index contributed by atoms with van der Waals surface area (Å²) < 4.78 is 32.5. The van der Waals surface area contributed by atoms with Gasteiger partial charge in [-0.1, -0.05) is 29.8 Å². The molecule has 0 aliphatic carbocycles. The summed E-state index contributed by atoms with van der Waals surface area (Å²) in [5, 5.41) is 10.3. The van der Waals surface area contributed by atoms with Crippen molar-refractivity contribution in [2.75, 3.05) is 7.11 Å². The van der Waals surface area contributed by atoms with E-state index in [4.69, 9.17) is 16.3 Å². The molecule has 0 aromatic heterocycles. The molecule has 21 heavy (non-hydrogen) atoms. The number of ether oxygens (including phenoxy) is 1. The zero-order valence-corrected chi connectivity index (χ0v) is 12.2. The third kappa shape index (κ3) is 3.71. The second-order valence-electron chi connectivity index (χ2n) is 4.70. The molecule has 2 aromatic rings. The number of methoxy groups -OCH3 is 1. The highest BCUT2D eigenvalue weighted by molar-refractivity contribution is 6.31. The number of halogens is 3. The molecule has 112 valence electrons. The quantitative estimate of drug-likeness (QED) is 0.910. The summed E-state index contributed by atoms with van der Waals surface area (Å²) in [6, 6.07) is 9.02. The number of aliphatic hydroxyl groups is 1. The first kappa shape index (κ1) is 15.7. The van der Waals surface area contributed by atoms with Gasteiger partial charge in [-0.15, -0.1) is 0 Å². The molecule has 5 heteroatoms. The number of rotatable bonds is 5. The molecule has 0 amide bonds. The molecule has 2 aromatic carbocycles. The monoisotopic (exact) mass is 312 g/mol. The Balaban J connectivity index is 2.14. The van der Waals surface area contributed by atoms with Crippen molar-refractivity contribution in [1.29, 1.82) is 0 Å². The molecule has 0 spiro atoms. The molecule has 1 unspecified atom stereocenters. The summed E-state index contributed by atoms with van der Waals surface area (Å²) in [5.74, 6) is -0.880. The van der Waals surface area contributed by atoms with Crippen molar-refractivity contribution in [3.05, 3.63) is 64.2 Å². The molecule has 1 N–H and O–H groups in total. The van der Waals surface area contributed by atoms with Gasteiger partial charge in [0, 0.05) is 23.4 Å². The van der Waals surface area contributed by atoms with Crippen LogP contribution in [0.2, 0.25) is 5.02 Å². The maximum Gasteiger partial charge on any atom is 0.168 e. The Bertz CT molecular complexity index is 611. The fourth-order valence-electron chi connectivity index (χ4n) is 2.16. The zero-order chi connectivity index (χ0) is 15.4. The topological polar surface area (TPSA) is 29.5 Å². The molecule has 0 saturated heterocycles. The Morgan fingerprint density at radius 2 is 1.86 bits per heavy atom. The van der Waals surface area contributed by atoms with Crippen molar-refractivity contribution in [2.45, 2.75) is 18.9 Å². The molecule has 0 heterocycles. The van der Waals surface area contributed by atoms with Crippen molar-refractivity contribution in [3.63, 3.8) is 0 Å². The van der Waals surface area contributed by atoms with E-state index >= 15 is 0 Å². The Morgan fingerprint density at radius 3 is 2.52 bits per heavy atom. The third-order valence-electron chi connectivity index (χ3n) is 3.22. The molecule has 0 bridgehead atoms. The predicted octanol–water partition coefficient (Wildman–Crippen LogP) is 3.77. The number of aliphatic hydroxyl groups excluding tert-OH is 1. The summed E-state index contributed by atoms with van der Waals surface area (Å²) in [6.45, 7) is 0. The molecular formula is C16H15ClF2O2. The van der Waals surface area contributed by atoms with Crippen molar-refractivity contribution in [3.8, 4) is 5.75 Å². The first-order valence-electron chi connectivity index (χ1n) is 6.45. The van der Waals surface area contributed by atoms with E-state index in [-0.39, 0.29) is 29.2 Å². The average molecular weight is 313 g/mol. The van der Waals surface area contributed by atoms with Crippen LogP contribution in [-0.2, 0) is 12.8 Å². The lowest BCUT2D eigenvalue weighted by Crippen LogP contribution is -2.16. The number of hydrogen-bond donors (Lipinski definition) is 1. The second-order valence-corrected chi connectivity index (χ2v) is 5.10. The molecule has 0 aliphatic rings. The highest BCUT2D eigenvalue weighted by atomic mass is 35.5. The smallest absolute Gasteiger partial charge is 0.168 e. The Labute approximate surface area is 126 Å². The third-order valence-corrected chi connectivity index (χ3v) is 3.57. The summed E-state index contributed by atoms with van der Waals surface area (Å²) >= 11 is 5.91. The van der Waals surface area contributed by atoms with Crippen LogP contribution in [0.3, 0.4) is 0 Å². The minimum atomic E-state index is -0.944. The van der Waals surface area contributed by atoms with E-state index in [9.17, 15) is 13.9 Å². The molecule has 2 rings (SSSR count). The van der Waals surface area contributed by atoms with Crippen LogP contribution in [0.5, 0.6) is 5.75 Å². The van der Waals surface area contributed by atoms with E-state index in [1.54, 1.807) is 18.2 Å². The Hall–Kier alpha value is -1.65. The fraction of sp³-hybridized carbons (Fsp3) is 0.250. The standard InChI is InChI=1S/C16H15ClF2O2/c1-21-15-7-2-4-10(16(15)19)8-11(20)9-12-13(17)5-3-6-14(12)18/h2-7,11,20H,8-9H2,1H3. The van der Waals surface area contributed by atoms with Crippen molar-refractivity contribution in [1.82, 2.24) is 0 Å². The van der Waals surface area contributed by atoms with Gasteiger partial charge in [0.2, 0.25) is 0 Å². The van der Waals surface area contributed by atoms with Gasteiger partial charge in [0.25, 0.3) is 0 Å². The highest BCUT2D eigenvalue weighted by Gasteiger charge is 2.16. The average Bonchev–Trinajstić information content (AvgIpc) is 2.45. The van der Waals surface area contributed by atoms with Gasteiger partial charge in [0.05, 0.1) is 13.2 Å². The van der Waals surface area contributed by atoms with E-state index in [2.05, 4.69) is 0 Å². The predicted molar refractivity (Wildman–Crippen MR) is 77.8 cm³/mol. The van der Waals surface area contributed by atoms with Gasteiger partial charge >= 0.3 is 0 Å². The van der Waals surface area contributed by atoms with E-state index in [1.165, 1.54) is 25.3 Å². The Kier molecular flexibility index (Phi) is 5.15. The van der Waals surface area contributed by atoms with E-state index in [0.717, 1.165) is 0 Å². The normalized spacial score (nSPS) is 12.2. The van der Waals surface area contributed by atoms with Crippen molar-refractivity contribution < 1.29 is 18.6 Å². The van der Waals surface area contributed by atoms with Crippen LogP contribution < -0.4 is 4.74 Å². The fourth-order valence-corrected chi connectivity index (χ4v) is 2.40. The lowest BCUT2D eigenvalue weighted by atomic mass is 10.0. The van der Waals surface area contributed by atoms with Gasteiger partial charge in [-0.3, -0.25) is 0 Å². The van der Waals surface area contributed by atoms with Crippen LogP contribution in [0.25, 0.3) is 0 Å². The van der Waals surface area contributed by atoms with Gasteiger partial charge in [0.15, 0.2) is 11.6 Å². The number of hydrogen-bond acceptors (Lipinski definition) is 2. The summed E-state index contributed by atoms with van der Waals surface area (Å²) in [5.41, 5.74) is 0.546. The maximum atomic E-state index is 14.0. The largest absolute Gasteiger partial charge is 0.494 e. The van der Waals surface area contributed by atoms with E-state index in [1.807, 2.05) is 0 Å². The molecular weight excluding hydrogens is 298 g/mol. The molecule has 2 nitrogen and oxygen atoms in total. The van der Waals surface area contributed by atoms with Crippen LogP contribution in [0.15, 0.2) is 36.4 Å². The summed E-state index contributed by atoms with van der Waals surface area (Å²) in [7, 11) is 1.37. The van der Waals surface area contributed by atoms with Gasteiger partial charge in [-0.05, 0) is 23.8 Å². The molecule has 0 saturated carbocycles. The second kappa shape index (κ2) is 6.87. The maximum absolute atomic E-state index is 14.0. The first-order valence-corrected chi connectivity index (χ1v) is 6.83. The molecule has 0 radical (unpaired) electrons. The highest BCUT2D eigenvalue weighted by Crippen LogP contribution is 2.24. The van der Waals surface area contributed by atoms with Crippen molar-refractivity contribution in [2.24, 2.45) is 0 Å². The van der Waals surface area contributed by atoms with Gasteiger partial charge in [-0.2, -0.15) is 0 Å². The van der Waals surface area contributed by atoms with Gasteiger partial charge < -0.3 is 9.84 Å². The van der Waals surface area contributed by atoms with Crippen LogP contribution in [0.4, 0.5) is 8.78 Å². The van der Waals surface area contributed by atoms with Gasteiger partial charge in [-0.25, -0.2) is 8.78 Å². The minimum absolute atomic E-state index is 0.0160. The van der Waals surface area contributed by atoms with E-state index in [0.29, 0.717) is 5.56 Å². The summed E-state index contributed by atoms with van der Waals surface area (Å²) in [4.78, 5) is 0. The molecule has 0 fully saturated rings. The van der Waals surface area contributed by atoms with E-state index < -0.39 is 17.7 Å². The molecule has 0 aliphatic heterocycles. The van der Waals surface area contributed by atoms with Gasteiger partial charge in [0.1, 0.15) is 5.82 Å². The Morgan fingerprint density at radius 1 is 1.14 bits per heavy atom. The van der Waals surface area contributed by atoms with Crippen LogP contribution in [0.1, 0.15) is 11.1 Å². The molecule has 1 atom stereocenters. The summed E-state index contributed by atoms with van der Waals surface area (Å²) in [6.07, 6.45) is -0.878. The van der Waals surface area contributed by atoms with Crippen LogP contribution in [0, 0.1) is 11.6 Å².